The zero-order valence-corrected chi connectivity index (χ0v) is 8.07. The number of amidine groups is 1. The van der Waals surface area contributed by atoms with Crippen molar-refractivity contribution in [2.24, 2.45) is 0 Å². The summed E-state index contributed by atoms with van der Waals surface area (Å²) in [5, 5.41) is 23.8. The van der Waals surface area contributed by atoms with Crippen LogP contribution < -0.4 is 0 Å². The lowest BCUT2D eigenvalue weighted by atomic mass is 10.2. The molecule has 0 bridgehead atoms. The standard InChI is InChI=1S/C9H8ClN2O2/c10-8-3-1-7(2-4-8)9-11(13)5-6-12(9)14/h1-4H,5-6H2. The summed E-state index contributed by atoms with van der Waals surface area (Å²) in [6, 6.07) is 6.64. The van der Waals surface area contributed by atoms with Crippen molar-refractivity contribution in [3.05, 3.63) is 40.1 Å². The molecule has 0 saturated heterocycles. The van der Waals surface area contributed by atoms with Crippen molar-refractivity contribution in [1.82, 2.24) is 5.06 Å². The molecule has 1 radical (unpaired) electrons. The van der Waals surface area contributed by atoms with Gasteiger partial charge in [0, 0.05) is 10.2 Å². The molecule has 0 spiro atoms. The van der Waals surface area contributed by atoms with Crippen LogP contribution in [0.1, 0.15) is 5.56 Å². The van der Waals surface area contributed by atoms with E-state index in [1.165, 1.54) is 0 Å². The Balaban J connectivity index is 2.39. The number of nitrogens with zero attached hydrogens (tertiary/aromatic N) is 2. The highest BCUT2D eigenvalue weighted by atomic mass is 35.5. The Hall–Kier alpha value is -1.26. The molecule has 0 N–H and O–H groups in total. The van der Waals surface area contributed by atoms with Crippen LogP contribution in [-0.4, -0.2) is 28.7 Å². The van der Waals surface area contributed by atoms with Gasteiger partial charge in [0.15, 0.2) is 6.54 Å². The van der Waals surface area contributed by atoms with Crippen LogP contribution in [0, 0.1) is 5.21 Å². The third-order valence-electron chi connectivity index (χ3n) is 2.08. The van der Waals surface area contributed by atoms with Crippen molar-refractivity contribution in [2.75, 3.05) is 13.1 Å². The maximum absolute atomic E-state index is 11.3. The number of halogens is 1. The van der Waals surface area contributed by atoms with E-state index in [9.17, 15) is 10.4 Å². The molecule has 0 amide bonds. The van der Waals surface area contributed by atoms with Crippen molar-refractivity contribution in [2.45, 2.75) is 0 Å². The van der Waals surface area contributed by atoms with Gasteiger partial charge in [-0.15, -0.1) is 0 Å². The zero-order chi connectivity index (χ0) is 10.1. The molecule has 0 fully saturated rings. The Kier molecular flexibility index (Phi) is 2.31. The largest absolute Gasteiger partial charge is 0.715 e. The number of hydroxylamine groups is 3. The Morgan fingerprint density at radius 1 is 1.36 bits per heavy atom. The lowest BCUT2D eigenvalue weighted by Crippen LogP contribution is -2.24. The van der Waals surface area contributed by atoms with Gasteiger partial charge in [-0.2, -0.15) is 0 Å². The quantitative estimate of drug-likeness (QED) is 0.519. The van der Waals surface area contributed by atoms with Gasteiger partial charge in [-0.3, -0.25) is 4.74 Å². The van der Waals surface area contributed by atoms with Crippen LogP contribution in [0.15, 0.2) is 24.3 Å². The van der Waals surface area contributed by atoms with Gasteiger partial charge in [-0.1, -0.05) is 16.7 Å². The molecule has 73 valence electrons. The Morgan fingerprint density at radius 2 is 2.00 bits per heavy atom. The smallest absolute Gasteiger partial charge is 0.315 e. The third kappa shape index (κ3) is 1.54. The summed E-state index contributed by atoms with van der Waals surface area (Å²) in [6.45, 7) is 0.447. The first-order chi connectivity index (χ1) is 6.68. The molecule has 5 heteroatoms. The molecule has 2 rings (SSSR count). The molecular formula is C9H8ClN2O2. The molecule has 0 aromatic heterocycles. The molecule has 1 aliphatic heterocycles. The minimum atomic E-state index is 0.168. The highest BCUT2D eigenvalue weighted by Gasteiger charge is 2.29. The zero-order valence-electron chi connectivity index (χ0n) is 7.31. The van der Waals surface area contributed by atoms with Crippen molar-refractivity contribution in [1.29, 1.82) is 0 Å². The van der Waals surface area contributed by atoms with E-state index in [0.29, 0.717) is 20.4 Å². The van der Waals surface area contributed by atoms with Gasteiger partial charge in [0.05, 0.1) is 5.56 Å². The fourth-order valence-corrected chi connectivity index (χ4v) is 1.53. The first-order valence-electron chi connectivity index (χ1n) is 4.21. The predicted molar refractivity (Wildman–Crippen MR) is 51.4 cm³/mol. The van der Waals surface area contributed by atoms with Crippen molar-refractivity contribution in [3.8, 4) is 0 Å². The molecule has 1 aromatic rings. The summed E-state index contributed by atoms with van der Waals surface area (Å²) in [7, 11) is 0. The van der Waals surface area contributed by atoms with Crippen molar-refractivity contribution >= 4 is 17.4 Å². The van der Waals surface area contributed by atoms with Crippen molar-refractivity contribution < 1.29 is 9.95 Å². The second-order valence-electron chi connectivity index (χ2n) is 3.03. The van der Waals surface area contributed by atoms with E-state index < -0.39 is 0 Å². The Bertz CT molecular complexity index is 375. The molecule has 1 aliphatic rings. The predicted octanol–water partition coefficient (Wildman–Crippen LogP) is 1.26. The fraction of sp³-hybridized carbons (Fsp3) is 0.222. The van der Waals surface area contributed by atoms with Gasteiger partial charge in [0.25, 0.3) is 0 Å². The highest BCUT2D eigenvalue weighted by molar-refractivity contribution is 6.30. The third-order valence-corrected chi connectivity index (χ3v) is 2.33. The fourth-order valence-electron chi connectivity index (χ4n) is 1.40. The van der Waals surface area contributed by atoms with Crippen LogP contribution in [-0.2, 0) is 5.21 Å². The summed E-state index contributed by atoms with van der Waals surface area (Å²) >= 11 is 5.70. The maximum atomic E-state index is 11.3. The number of rotatable bonds is 1. The summed E-state index contributed by atoms with van der Waals surface area (Å²) in [6.07, 6.45) is 0. The molecule has 0 unspecified atom stereocenters. The normalized spacial score (nSPS) is 16.6. The lowest BCUT2D eigenvalue weighted by Gasteiger charge is -2.05. The number of benzene rings is 1. The van der Waals surface area contributed by atoms with Crippen LogP contribution in [0.25, 0.3) is 0 Å². The SMILES string of the molecule is [O]N1CC[N+]([O-])=C1c1ccc(Cl)cc1. The maximum Gasteiger partial charge on any atom is 0.315 e. The average molecular weight is 212 g/mol. The van der Waals surface area contributed by atoms with Gasteiger partial charge in [-0.25, -0.2) is 0 Å². The Labute approximate surface area is 86.2 Å². The summed E-state index contributed by atoms with van der Waals surface area (Å²) < 4.78 is 0.705. The lowest BCUT2D eigenvalue weighted by molar-refractivity contribution is -0.445. The van der Waals surface area contributed by atoms with Crippen LogP contribution in [0.5, 0.6) is 0 Å². The first-order valence-corrected chi connectivity index (χ1v) is 4.58. The minimum Gasteiger partial charge on any atom is -0.715 e. The number of hydrogen-bond acceptors (Lipinski definition) is 2. The monoisotopic (exact) mass is 211 g/mol. The Morgan fingerprint density at radius 3 is 2.50 bits per heavy atom. The second kappa shape index (κ2) is 3.48. The van der Waals surface area contributed by atoms with E-state index >= 15 is 0 Å². The first kappa shape index (κ1) is 9.30. The van der Waals surface area contributed by atoms with Crippen molar-refractivity contribution in [3.63, 3.8) is 0 Å². The van der Waals surface area contributed by atoms with E-state index in [-0.39, 0.29) is 18.9 Å². The summed E-state index contributed by atoms with van der Waals surface area (Å²) in [5.74, 6) is 0.168. The van der Waals surface area contributed by atoms with Gasteiger partial charge < -0.3 is 5.21 Å². The molecule has 4 nitrogen and oxygen atoms in total. The van der Waals surface area contributed by atoms with E-state index in [4.69, 9.17) is 11.6 Å². The van der Waals surface area contributed by atoms with E-state index in [0.717, 1.165) is 0 Å². The van der Waals surface area contributed by atoms with E-state index in [1.807, 2.05) is 0 Å². The average Bonchev–Trinajstić information content (AvgIpc) is 2.49. The molecule has 14 heavy (non-hydrogen) atoms. The highest BCUT2D eigenvalue weighted by Crippen LogP contribution is 2.13. The summed E-state index contributed by atoms with van der Waals surface area (Å²) in [5.41, 5.74) is 0.608. The van der Waals surface area contributed by atoms with Crippen LogP contribution in [0.4, 0.5) is 0 Å². The second-order valence-corrected chi connectivity index (χ2v) is 3.47. The summed E-state index contributed by atoms with van der Waals surface area (Å²) in [4.78, 5) is 0. The van der Waals surface area contributed by atoms with E-state index in [2.05, 4.69) is 0 Å². The molecular weight excluding hydrogens is 204 g/mol. The molecule has 0 aliphatic carbocycles. The molecule has 1 heterocycles. The van der Waals surface area contributed by atoms with Gasteiger partial charge in [0.2, 0.25) is 0 Å². The van der Waals surface area contributed by atoms with Crippen LogP contribution in [0.3, 0.4) is 0 Å². The van der Waals surface area contributed by atoms with E-state index in [1.54, 1.807) is 24.3 Å². The molecule has 0 saturated carbocycles. The number of hydrogen-bond donors (Lipinski definition) is 0. The van der Waals surface area contributed by atoms with Crippen LogP contribution in [0.2, 0.25) is 5.02 Å². The van der Waals surface area contributed by atoms with Gasteiger partial charge in [0.1, 0.15) is 6.54 Å². The molecule has 0 atom stereocenters. The van der Waals surface area contributed by atoms with Gasteiger partial charge in [-0.05, 0) is 24.3 Å². The molecule has 1 aromatic carbocycles. The topological polar surface area (TPSA) is 49.2 Å². The van der Waals surface area contributed by atoms with Gasteiger partial charge >= 0.3 is 5.84 Å². The van der Waals surface area contributed by atoms with Crippen LogP contribution >= 0.6 is 11.6 Å². The minimum absolute atomic E-state index is 0.168.